The minimum Gasteiger partial charge on any atom is -0.497 e. The lowest BCUT2D eigenvalue weighted by molar-refractivity contribution is -0.121. The van der Waals surface area contributed by atoms with Crippen molar-refractivity contribution in [3.8, 4) is 5.75 Å². The Labute approximate surface area is 141 Å². The zero-order valence-corrected chi connectivity index (χ0v) is 13.6. The van der Waals surface area contributed by atoms with Crippen LogP contribution in [0.25, 0.3) is 0 Å². The molecule has 0 aliphatic rings. The summed E-state index contributed by atoms with van der Waals surface area (Å²) >= 11 is 0. The van der Waals surface area contributed by atoms with E-state index in [4.69, 9.17) is 4.74 Å². The molecule has 0 saturated heterocycles. The van der Waals surface area contributed by atoms with Crippen LogP contribution in [0.3, 0.4) is 0 Å². The number of Topliss-reactive ketones (excluding diaryl/α,β-unsaturated/α-hetero) is 1. The van der Waals surface area contributed by atoms with Crippen molar-refractivity contribution in [3.63, 3.8) is 0 Å². The number of ketones is 1. The first-order valence-electron chi connectivity index (χ1n) is 7.73. The molecule has 0 unspecified atom stereocenters. The summed E-state index contributed by atoms with van der Waals surface area (Å²) in [5.41, 5.74) is 3.99. The molecule has 1 amide bonds. The molecule has 5 nitrogen and oxygen atoms in total. The van der Waals surface area contributed by atoms with Gasteiger partial charge in [0.05, 0.1) is 13.3 Å². The Morgan fingerprint density at radius 2 is 1.75 bits per heavy atom. The molecule has 0 fully saturated rings. The Kier molecular flexibility index (Phi) is 6.71. The standard InChI is InChI=1S/C19H20N2O3/c1-24-17-12-10-15(11-13-17)14-20-21-19(23)9-5-8-18(22)16-6-3-2-4-7-16/h2-4,6-7,10-14H,5,8-9H2,1H3,(H,21,23). The Morgan fingerprint density at radius 1 is 1.04 bits per heavy atom. The van der Waals surface area contributed by atoms with Gasteiger partial charge in [-0.25, -0.2) is 5.43 Å². The maximum absolute atomic E-state index is 11.9. The van der Waals surface area contributed by atoms with Crippen LogP contribution >= 0.6 is 0 Å². The number of methoxy groups -OCH3 is 1. The Bertz CT molecular complexity index is 694. The van der Waals surface area contributed by atoms with Crippen LogP contribution < -0.4 is 10.2 Å². The summed E-state index contributed by atoms with van der Waals surface area (Å²) in [5, 5.41) is 3.90. The van der Waals surface area contributed by atoms with E-state index in [1.807, 2.05) is 42.5 Å². The lowest BCUT2D eigenvalue weighted by Gasteiger charge is -2.01. The number of hydrogen-bond acceptors (Lipinski definition) is 4. The third-order valence-electron chi connectivity index (χ3n) is 3.42. The van der Waals surface area contributed by atoms with Crippen molar-refractivity contribution in [3.05, 3.63) is 65.7 Å². The van der Waals surface area contributed by atoms with Crippen LogP contribution in [0.15, 0.2) is 59.7 Å². The molecule has 0 bridgehead atoms. The molecular formula is C19H20N2O3. The number of carbonyl (C=O) groups excluding carboxylic acids is 2. The molecule has 24 heavy (non-hydrogen) atoms. The van der Waals surface area contributed by atoms with Crippen LogP contribution in [-0.4, -0.2) is 25.0 Å². The lowest BCUT2D eigenvalue weighted by atomic mass is 10.1. The van der Waals surface area contributed by atoms with E-state index < -0.39 is 0 Å². The van der Waals surface area contributed by atoms with Crippen LogP contribution in [0.4, 0.5) is 0 Å². The summed E-state index contributed by atoms with van der Waals surface area (Å²) < 4.78 is 5.07. The van der Waals surface area contributed by atoms with Crippen molar-refractivity contribution < 1.29 is 14.3 Å². The van der Waals surface area contributed by atoms with Gasteiger partial charge in [0.1, 0.15) is 5.75 Å². The second-order valence-corrected chi connectivity index (χ2v) is 5.21. The van der Waals surface area contributed by atoms with Crippen molar-refractivity contribution in [2.45, 2.75) is 19.3 Å². The highest BCUT2D eigenvalue weighted by Crippen LogP contribution is 2.09. The molecular weight excluding hydrogens is 304 g/mol. The average molecular weight is 324 g/mol. The van der Waals surface area contributed by atoms with Gasteiger partial charge in [0.25, 0.3) is 0 Å². The van der Waals surface area contributed by atoms with Gasteiger partial charge in [0, 0.05) is 18.4 Å². The third-order valence-corrected chi connectivity index (χ3v) is 3.42. The molecule has 2 aromatic carbocycles. The quantitative estimate of drug-likeness (QED) is 0.460. The molecule has 0 heterocycles. The normalized spacial score (nSPS) is 10.5. The predicted octanol–water partition coefficient (Wildman–Crippen LogP) is 3.20. The van der Waals surface area contributed by atoms with E-state index in [9.17, 15) is 9.59 Å². The minimum absolute atomic E-state index is 0.0464. The zero-order valence-electron chi connectivity index (χ0n) is 13.6. The molecule has 5 heteroatoms. The molecule has 0 aromatic heterocycles. The van der Waals surface area contributed by atoms with Crippen LogP contribution in [0.1, 0.15) is 35.2 Å². The second-order valence-electron chi connectivity index (χ2n) is 5.21. The third kappa shape index (κ3) is 5.68. The van der Waals surface area contributed by atoms with Crippen molar-refractivity contribution in [2.75, 3.05) is 7.11 Å². The fourth-order valence-electron chi connectivity index (χ4n) is 2.10. The van der Waals surface area contributed by atoms with Gasteiger partial charge in [-0.15, -0.1) is 0 Å². The molecule has 0 saturated carbocycles. The summed E-state index contributed by atoms with van der Waals surface area (Å²) in [4.78, 5) is 23.6. The molecule has 124 valence electrons. The van der Waals surface area contributed by atoms with Gasteiger partial charge in [-0.05, 0) is 36.2 Å². The molecule has 2 rings (SSSR count). The zero-order chi connectivity index (χ0) is 17.2. The van der Waals surface area contributed by atoms with Gasteiger partial charge < -0.3 is 4.74 Å². The summed E-state index contributed by atoms with van der Waals surface area (Å²) in [5.74, 6) is 0.602. The summed E-state index contributed by atoms with van der Waals surface area (Å²) in [6.45, 7) is 0. The highest BCUT2D eigenvalue weighted by atomic mass is 16.5. The van der Waals surface area contributed by atoms with Crippen molar-refractivity contribution >= 4 is 17.9 Å². The van der Waals surface area contributed by atoms with Gasteiger partial charge in [-0.1, -0.05) is 30.3 Å². The predicted molar refractivity (Wildman–Crippen MR) is 93.4 cm³/mol. The van der Waals surface area contributed by atoms with Crippen LogP contribution in [0.5, 0.6) is 5.75 Å². The highest BCUT2D eigenvalue weighted by Gasteiger charge is 2.06. The van der Waals surface area contributed by atoms with Crippen LogP contribution in [0.2, 0.25) is 0 Å². The number of benzene rings is 2. The molecule has 2 aromatic rings. The van der Waals surface area contributed by atoms with Gasteiger partial charge in [-0.3, -0.25) is 9.59 Å². The highest BCUT2D eigenvalue weighted by molar-refractivity contribution is 5.96. The second kappa shape index (κ2) is 9.25. The maximum Gasteiger partial charge on any atom is 0.240 e. The van der Waals surface area contributed by atoms with Crippen molar-refractivity contribution in [1.29, 1.82) is 0 Å². The fourth-order valence-corrected chi connectivity index (χ4v) is 2.10. The van der Waals surface area contributed by atoms with Gasteiger partial charge >= 0.3 is 0 Å². The van der Waals surface area contributed by atoms with Crippen molar-refractivity contribution in [2.24, 2.45) is 5.10 Å². The number of hydrogen-bond donors (Lipinski definition) is 1. The number of hydrazone groups is 1. The lowest BCUT2D eigenvalue weighted by Crippen LogP contribution is -2.17. The molecule has 0 radical (unpaired) electrons. The minimum atomic E-state index is -0.208. The van der Waals surface area contributed by atoms with E-state index in [-0.39, 0.29) is 18.1 Å². The first-order chi connectivity index (χ1) is 11.7. The van der Waals surface area contributed by atoms with E-state index in [2.05, 4.69) is 10.5 Å². The Hall–Kier alpha value is -2.95. The Morgan fingerprint density at radius 3 is 2.42 bits per heavy atom. The van der Waals surface area contributed by atoms with Crippen LogP contribution in [-0.2, 0) is 4.79 Å². The average Bonchev–Trinajstić information content (AvgIpc) is 2.63. The van der Waals surface area contributed by atoms with E-state index >= 15 is 0 Å². The number of amides is 1. The topological polar surface area (TPSA) is 67.8 Å². The van der Waals surface area contributed by atoms with Crippen molar-refractivity contribution in [1.82, 2.24) is 5.43 Å². The first kappa shape index (κ1) is 17.4. The van der Waals surface area contributed by atoms with E-state index in [1.165, 1.54) is 0 Å². The maximum atomic E-state index is 11.9. The summed E-state index contributed by atoms with van der Waals surface area (Å²) in [6, 6.07) is 16.4. The largest absolute Gasteiger partial charge is 0.497 e. The number of nitrogens with one attached hydrogen (secondary N) is 1. The van der Waals surface area contributed by atoms with E-state index in [0.29, 0.717) is 18.4 Å². The summed E-state index contributed by atoms with van der Waals surface area (Å²) in [6.07, 6.45) is 2.67. The molecule has 0 spiro atoms. The first-order valence-corrected chi connectivity index (χ1v) is 7.73. The fraction of sp³-hybridized carbons (Fsp3) is 0.211. The SMILES string of the molecule is COc1ccc(C=NNC(=O)CCCC(=O)c2ccccc2)cc1. The number of nitrogens with zero attached hydrogens (tertiary/aromatic N) is 1. The smallest absolute Gasteiger partial charge is 0.240 e. The number of rotatable bonds is 8. The number of carbonyl (C=O) groups is 2. The number of ether oxygens (including phenoxy) is 1. The van der Waals surface area contributed by atoms with E-state index in [0.717, 1.165) is 11.3 Å². The van der Waals surface area contributed by atoms with Crippen LogP contribution in [0, 0.1) is 0 Å². The molecule has 0 aliphatic heterocycles. The van der Waals surface area contributed by atoms with Gasteiger partial charge in [0.15, 0.2) is 5.78 Å². The van der Waals surface area contributed by atoms with Gasteiger partial charge in [0.2, 0.25) is 5.91 Å². The molecule has 0 aliphatic carbocycles. The summed E-state index contributed by atoms with van der Waals surface area (Å²) in [7, 11) is 1.60. The van der Waals surface area contributed by atoms with E-state index in [1.54, 1.807) is 25.5 Å². The molecule has 1 N–H and O–H groups in total. The Balaban J connectivity index is 1.69. The molecule has 0 atom stereocenters. The monoisotopic (exact) mass is 324 g/mol. The van der Waals surface area contributed by atoms with Gasteiger partial charge in [-0.2, -0.15) is 5.10 Å².